The first-order valence-corrected chi connectivity index (χ1v) is 10.4. The Labute approximate surface area is 160 Å². The van der Waals surface area contributed by atoms with Gasteiger partial charge in [0, 0.05) is 23.2 Å². The Hall–Kier alpha value is -1.77. The van der Waals surface area contributed by atoms with Crippen LogP contribution in [0.3, 0.4) is 0 Å². The second-order valence-corrected chi connectivity index (χ2v) is 9.01. The highest BCUT2D eigenvalue weighted by atomic mass is 79.9. The van der Waals surface area contributed by atoms with Gasteiger partial charge in [-0.2, -0.15) is 4.31 Å². The van der Waals surface area contributed by atoms with Crippen molar-refractivity contribution >= 4 is 37.5 Å². The Morgan fingerprint density at radius 3 is 2.62 bits per heavy atom. The molecule has 1 amide bonds. The van der Waals surface area contributed by atoms with Gasteiger partial charge in [0.15, 0.2) is 0 Å². The molecule has 0 spiro atoms. The first kappa shape index (κ1) is 19.0. The fraction of sp³-hybridized carbons (Fsp3) is 0.278. The zero-order valence-corrected chi connectivity index (χ0v) is 16.3. The van der Waals surface area contributed by atoms with E-state index in [0.717, 1.165) is 4.47 Å². The number of sulfonamides is 1. The molecule has 0 radical (unpaired) electrons. The molecule has 1 atom stereocenters. The van der Waals surface area contributed by atoms with Crippen molar-refractivity contribution in [3.05, 3.63) is 58.8 Å². The molecule has 1 fully saturated rings. The van der Waals surface area contributed by atoms with Gasteiger partial charge in [0.05, 0.1) is 10.8 Å². The molecule has 2 aromatic carbocycles. The predicted octanol–water partition coefficient (Wildman–Crippen LogP) is 3.63. The van der Waals surface area contributed by atoms with Crippen LogP contribution in [0.1, 0.15) is 12.8 Å². The van der Waals surface area contributed by atoms with Gasteiger partial charge >= 0.3 is 0 Å². The largest absolute Gasteiger partial charge is 0.326 e. The number of hydrogen-bond acceptors (Lipinski definition) is 3. The van der Waals surface area contributed by atoms with E-state index in [1.807, 2.05) is 0 Å². The summed E-state index contributed by atoms with van der Waals surface area (Å²) in [6, 6.07) is 12.1. The van der Waals surface area contributed by atoms with Crippen LogP contribution in [0.25, 0.3) is 0 Å². The Kier molecular flexibility index (Phi) is 5.74. The number of benzene rings is 2. The number of carbonyl (C=O) groups excluding carboxylic acids is 1. The molecule has 1 heterocycles. The van der Waals surface area contributed by atoms with E-state index in [9.17, 15) is 17.6 Å². The van der Waals surface area contributed by atoms with Gasteiger partial charge in [-0.05, 0) is 55.3 Å². The van der Waals surface area contributed by atoms with E-state index >= 15 is 0 Å². The van der Waals surface area contributed by atoms with Gasteiger partial charge < -0.3 is 5.32 Å². The molecule has 1 saturated heterocycles. The summed E-state index contributed by atoms with van der Waals surface area (Å²) < 4.78 is 41.0. The summed E-state index contributed by atoms with van der Waals surface area (Å²) in [5, 5.41) is 2.67. The maximum Gasteiger partial charge on any atom is 0.243 e. The Morgan fingerprint density at radius 2 is 1.92 bits per heavy atom. The van der Waals surface area contributed by atoms with E-state index in [1.54, 1.807) is 18.2 Å². The Bertz CT molecular complexity index is 903. The van der Waals surface area contributed by atoms with Gasteiger partial charge in [0.2, 0.25) is 15.9 Å². The monoisotopic (exact) mass is 440 g/mol. The van der Waals surface area contributed by atoms with Crippen molar-refractivity contribution in [1.82, 2.24) is 4.31 Å². The zero-order valence-electron chi connectivity index (χ0n) is 13.9. The van der Waals surface area contributed by atoms with Gasteiger partial charge in [-0.15, -0.1) is 0 Å². The number of hydrogen-bond donors (Lipinski definition) is 1. The van der Waals surface area contributed by atoms with Crippen LogP contribution in [-0.2, 0) is 14.8 Å². The minimum atomic E-state index is -3.65. The van der Waals surface area contributed by atoms with Crippen molar-refractivity contribution in [3.63, 3.8) is 0 Å². The van der Waals surface area contributed by atoms with Crippen LogP contribution in [-0.4, -0.2) is 31.7 Å². The molecule has 0 aromatic heterocycles. The predicted molar refractivity (Wildman–Crippen MR) is 101 cm³/mol. The van der Waals surface area contributed by atoms with Crippen LogP contribution < -0.4 is 5.32 Å². The second kappa shape index (κ2) is 7.85. The summed E-state index contributed by atoms with van der Waals surface area (Å²) >= 11 is 3.29. The van der Waals surface area contributed by atoms with E-state index in [1.165, 1.54) is 34.6 Å². The highest BCUT2D eigenvalue weighted by molar-refractivity contribution is 9.10. The van der Waals surface area contributed by atoms with Gasteiger partial charge in [-0.25, -0.2) is 12.8 Å². The molecule has 3 rings (SSSR count). The third kappa shape index (κ3) is 4.31. The fourth-order valence-corrected chi connectivity index (χ4v) is 4.73. The maximum absolute atomic E-state index is 13.3. The lowest BCUT2D eigenvalue weighted by Gasteiger charge is -2.31. The number of carbonyl (C=O) groups is 1. The van der Waals surface area contributed by atoms with E-state index in [-0.39, 0.29) is 17.3 Å². The summed E-state index contributed by atoms with van der Waals surface area (Å²) in [6.07, 6.45) is 1.19. The Balaban J connectivity index is 1.72. The maximum atomic E-state index is 13.3. The SMILES string of the molecule is O=C(Nc1cccc(F)c1)[C@@H]1CCCN(S(=O)(=O)c2ccc(Br)cc2)C1. The minimum absolute atomic E-state index is 0.111. The van der Waals surface area contributed by atoms with Crippen molar-refractivity contribution in [1.29, 1.82) is 0 Å². The van der Waals surface area contributed by atoms with Gasteiger partial charge in [-0.3, -0.25) is 4.79 Å². The molecule has 1 N–H and O–H groups in total. The zero-order chi connectivity index (χ0) is 18.7. The normalized spacial score (nSPS) is 18.5. The van der Waals surface area contributed by atoms with Gasteiger partial charge in [-0.1, -0.05) is 22.0 Å². The number of rotatable bonds is 4. The lowest BCUT2D eigenvalue weighted by atomic mass is 9.99. The van der Waals surface area contributed by atoms with Crippen molar-refractivity contribution < 1.29 is 17.6 Å². The molecule has 138 valence electrons. The topological polar surface area (TPSA) is 66.5 Å². The second-order valence-electron chi connectivity index (χ2n) is 6.16. The van der Waals surface area contributed by atoms with E-state index in [2.05, 4.69) is 21.2 Å². The molecule has 0 unspecified atom stereocenters. The molecule has 0 saturated carbocycles. The molecule has 0 aliphatic carbocycles. The summed E-state index contributed by atoms with van der Waals surface area (Å²) in [6.45, 7) is 0.488. The van der Waals surface area contributed by atoms with Crippen LogP contribution >= 0.6 is 15.9 Å². The van der Waals surface area contributed by atoms with E-state index in [4.69, 9.17) is 0 Å². The lowest BCUT2D eigenvalue weighted by Crippen LogP contribution is -2.43. The molecule has 2 aromatic rings. The first-order chi connectivity index (χ1) is 12.4. The van der Waals surface area contributed by atoms with E-state index < -0.39 is 21.8 Å². The van der Waals surface area contributed by atoms with Crippen LogP contribution in [0.5, 0.6) is 0 Å². The molecule has 5 nitrogen and oxygen atoms in total. The van der Waals surface area contributed by atoms with Gasteiger partial charge in [0.25, 0.3) is 0 Å². The number of amides is 1. The molecule has 1 aliphatic heterocycles. The number of halogens is 2. The standard InChI is InChI=1S/C18H18BrFN2O3S/c19-14-6-8-17(9-7-14)26(24,25)22-10-2-3-13(12-22)18(23)21-16-5-1-4-15(20)11-16/h1,4-9,11,13H,2-3,10,12H2,(H,21,23)/t13-/m1/s1. The molecule has 26 heavy (non-hydrogen) atoms. The number of nitrogens with one attached hydrogen (secondary N) is 1. The average Bonchev–Trinajstić information content (AvgIpc) is 2.62. The molecular weight excluding hydrogens is 423 g/mol. The van der Waals surface area contributed by atoms with Crippen LogP contribution in [0, 0.1) is 11.7 Å². The summed E-state index contributed by atoms with van der Waals surface area (Å²) in [4.78, 5) is 12.7. The minimum Gasteiger partial charge on any atom is -0.326 e. The lowest BCUT2D eigenvalue weighted by molar-refractivity contribution is -0.120. The third-order valence-corrected chi connectivity index (χ3v) is 6.71. The number of piperidine rings is 1. The van der Waals surface area contributed by atoms with Crippen molar-refractivity contribution in [2.75, 3.05) is 18.4 Å². The van der Waals surface area contributed by atoms with Crippen LogP contribution in [0.2, 0.25) is 0 Å². The summed E-state index contributed by atoms with van der Waals surface area (Å²) in [5.41, 5.74) is 0.364. The molecule has 8 heteroatoms. The smallest absolute Gasteiger partial charge is 0.243 e. The number of nitrogens with zero attached hydrogens (tertiary/aromatic N) is 1. The van der Waals surface area contributed by atoms with Crippen LogP contribution in [0.4, 0.5) is 10.1 Å². The summed E-state index contributed by atoms with van der Waals surface area (Å²) in [5.74, 6) is -1.21. The van der Waals surface area contributed by atoms with Crippen molar-refractivity contribution in [2.24, 2.45) is 5.92 Å². The van der Waals surface area contributed by atoms with E-state index in [0.29, 0.717) is 25.1 Å². The quantitative estimate of drug-likeness (QED) is 0.788. The first-order valence-electron chi connectivity index (χ1n) is 8.18. The van der Waals surface area contributed by atoms with Crippen molar-refractivity contribution in [3.8, 4) is 0 Å². The van der Waals surface area contributed by atoms with Crippen LogP contribution in [0.15, 0.2) is 57.9 Å². The average molecular weight is 441 g/mol. The highest BCUT2D eigenvalue weighted by Crippen LogP contribution is 2.25. The Morgan fingerprint density at radius 1 is 1.19 bits per heavy atom. The van der Waals surface area contributed by atoms with Gasteiger partial charge in [0.1, 0.15) is 5.82 Å². The van der Waals surface area contributed by atoms with Crippen molar-refractivity contribution in [2.45, 2.75) is 17.7 Å². The highest BCUT2D eigenvalue weighted by Gasteiger charge is 2.33. The summed E-state index contributed by atoms with van der Waals surface area (Å²) in [7, 11) is -3.65. The third-order valence-electron chi connectivity index (χ3n) is 4.30. The molecular formula is C18H18BrFN2O3S. The molecule has 0 bridgehead atoms. The number of anilines is 1. The fourth-order valence-electron chi connectivity index (χ4n) is 2.94. The molecule has 1 aliphatic rings.